The highest BCUT2D eigenvalue weighted by molar-refractivity contribution is 5.89. The van der Waals surface area contributed by atoms with Gasteiger partial charge in [0.05, 0.1) is 12.6 Å². The fourth-order valence-corrected chi connectivity index (χ4v) is 2.58. The van der Waals surface area contributed by atoms with Crippen molar-refractivity contribution in [2.75, 3.05) is 39.1 Å². The van der Waals surface area contributed by atoms with Gasteiger partial charge in [0.2, 0.25) is 0 Å². The third kappa shape index (κ3) is 5.74. The van der Waals surface area contributed by atoms with E-state index >= 15 is 0 Å². The summed E-state index contributed by atoms with van der Waals surface area (Å²) in [4.78, 5) is 21.0. The van der Waals surface area contributed by atoms with Crippen LogP contribution in [0.2, 0.25) is 0 Å². The lowest BCUT2D eigenvalue weighted by atomic mass is 10.1. The van der Waals surface area contributed by atoms with Crippen LogP contribution in [0.4, 0.5) is 10.5 Å². The highest BCUT2D eigenvalue weighted by Gasteiger charge is 2.21. The molecule has 1 heterocycles. The number of benzene rings is 1. The van der Waals surface area contributed by atoms with Gasteiger partial charge in [0.25, 0.3) is 0 Å². The Morgan fingerprint density at radius 3 is 2.50 bits per heavy atom. The van der Waals surface area contributed by atoms with E-state index in [1.807, 2.05) is 69.2 Å². The number of hydrogen-bond acceptors (Lipinski definition) is 4. The van der Waals surface area contributed by atoms with Crippen LogP contribution in [-0.2, 0) is 0 Å². The quantitative estimate of drug-likeness (QED) is 0.785. The van der Waals surface area contributed by atoms with Crippen molar-refractivity contribution in [2.24, 2.45) is 0 Å². The molecule has 0 spiro atoms. The second-order valence-electron chi connectivity index (χ2n) is 6.35. The Morgan fingerprint density at radius 1 is 1.19 bits per heavy atom. The molecule has 0 saturated carbocycles. The molecular formula is C20H28N4O2. The van der Waals surface area contributed by atoms with E-state index in [-0.39, 0.29) is 12.1 Å². The molecule has 1 aromatic heterocycles. The topological polar surface area (TPSA) is 57.7 Å². The molecule has 0 aliphatic heterocycles. The standard InChI is InChI=1S/C20H28N4O2/c1-5-26-19-10-8-18(9-11-19)22-20(25)24(14-13-23(3)4)16(2)17-7-6-12-21-15-17/h6-12,15-16H,5,13-14H2,1-4H3,(H,22,25)/t16-/m0/s1. The van der Waals surface area contributed by atoms with Gasteiger partial charge in [-0.15, -0.1) is 0 Å². The highest BCUT2D eigenvalue weighted by atomic mass is 16.5. The van der Waals surface area contributed by atoms with Gasteiger partial charge in [-0.2, -0.15) is 0 Å². The van der Waals surface area contributed by atoms with E-state index in [9.17, 15) is 4.79 Å². The fraction of sp³-hybridized carbons (Fsp3) is 0.400. The van der Waals surface area contributed by atoms with Crippen LogP contribution in [0.1, 0.15) is 25.5 Å². The van der Waals surface area contributed by atoms with Gasteiger partial charge in [0, 0.05) is 31.2 Å². The molecule has 2 aromatic rings. The number of ether oxygens (including phenoxy) is 1. The van der Waals surface area contributed by atoms with E-state index in [0.29, 0.717) is 13.2 Å². The average molecular weight is 356 g/mol. The SMILES string of the molecule is CCOc1ccc(NC(=O)N(CCN(C)C)[C@@H](C)c2cccnc2)cc1. The Morgan fingerprint density at radius 2 is 1.92 bits per heavy atom. The molecule has 0 aliphatic carbocycles. The summed E-state index contributed by atoms with van der Waals surface area (Å²) in [7, 11) is 3.99. The monoisotopic (exact) mass is 356 g/mol. The van der Waals surface area contributed by atoms with E-state index in [1.54, 1.807) is 12.4 Å². The number of pyridine rings is 1. The molecule has 0 unspecified atom stereocenters. The van der Waals surface area contributed by atoms with Crippen molar-refractivity contribution in [3.05, 3.63) is 54.4 Å². The zero-order valence-corrected chi connectivity index (χ0v) is 16.0. The van der Waals surface area contributed by atoms with E-state index in [0.717, 1.165) is 23.5 Å². The normalized spacial score (nSPS) is 11.9. The number of aromatic nitrogens is 1. The number of hydrogen-bond donors (Lipinski definition) is 1. The number of urea groups is 1. The Bertz CT molecular complexity index is 674. The minimum atomic E-state index is -0.132. The number of anilines is 1. The molecule has 0 radical (unpaired) electrons. The molecule has 1 atom stereocenters. The lowest BCUT2D eigenvalue weighted by Gasteiger charge is -2.30. The first-order valence-electron chi connectivity index (χ1n) is 8.86. The number of carbonyl (C=O) groups is 1. The molecule has 0 fully saturated rings. The van der Waals surface area contributed by atoms with E-state index in [1.165, 1.54) is 0 Å². The lowest BCUT2D eigenvalue weighted by Crippen LogP contribution is -2.41. The zero-order chi connectivity index (χ0) is 18.9. The van der Waals surface area contributed by atoms with E-state index in [4.69, 9.17) is 4.74 Å². The minimum absolute atomic E-state index is 0.0775. The number of likely N-dealkylation sites (N-methyl/N-ethyl adjacent to an activating group) is 1. The highest BCUT2D eigenvalue weighted by Crippen LogP contribution is 2.21. The molecule has 26 heavy (non-hydrogen) atoms. The number of nitrogens with zero attached hydrogens (tertiary/aromatic N) is 3. The Balaban J connectivity index is 2.11. The van der Waals surface area contributed by atoms with Crippen molar-refractivity contribution in [1.82, 2.24) is 14.8 Å². The van der Waals surface area contributed by atoms with Crippen LogP contribution in [0.3, 0.4) is 0 Å². The van der Waals surface area contributed by atoms with Crippen LogP contribution >= 0.6 is 0 Å². The van der Waals surface area contributed by atoms with Crippen molar-refractivity contribution >= 4 is 11.7 Å². The van der Waals surface area contributed by atoms with Crippen LogP contribution in [-0.4, -0.2) is 54.6 Å². The molecule has 6 heteroatoms. The van der Waals surface area contributed by atoms with Crippen LogP contribution in [0.15, 0.2) is 48.8 Å². The molecule has 140 valence electrons. The number of carbonyl (C=O) groups excluding carboxylic acids is 1. The Kier molecular flexibility index (Phi) is 7.41. The number of amides is 2. The maximum Gasteiger partial charge on any atom is 0.322 e. The van der Waals surface area contributed by atoms with Crippen LogP contribution in [0.5, 0.6) is 5.75 Å². The molecular weight excluding hydrogens is 328 g/mol. The molecule has 0 saturated heterocycles. The maximum atomic E-state index is 12.9. The van der Waals surface area contributed by atoms with Gasteiger partial charge in [0.15, 0.2) is 0 Å². The van der Waals surface area contributed by atoms with Crippen molar-refractivity contribution in [3.63, 3.8) is 0 Å². The second kappa shape index (κ2) is 9.77. The van der Waals surface area contributed by atoms with Gasteiger partial charge >= 0.3 is 6.03 Å². The number of rotatable bonds is 8. The zero-order valence-electron chi connectivity index (χ0n) is 16.0. The van der Waals surface area contributed by atoms with Gasteiger partial charge in [-0.3, -0.25) is 4.98 Å². The average Bonchev–Trinajstić information content (AvgIpc) is 2.64. The van der Waals surface area contributed by atoms with Crippen molar-refractivity contribution in [1.29, 1.82) is 0 Å². The third-order valence-corrected chi connectivity index (χ3v) is 4.10. The molecule has 0 aliphatic rings. The van der Waals surface area contributed by atoms with Gasteiger partial charge < -0.3 is 19.9 Å². The fourth-order valence-electron chi connectivity index (χ4n) is 2.58. The largest absolute Gasteiger partial charge is 0.494 e. The molecule has 2 amide bonds. The van der Waals surface area contributed by atoms with Crippen molar-refractivity contribution in [2.45, 2.75) is 19.9 Å². The van der Waals surface area contributed by atoms with Gasteiger partial charge in [-0.25, -0.2) is 4.79 Å². The minimum Gasteiger partial charge on any atom is -0.494 e. The second-order valence-corrected chi connectivity index (χ2v) is 6.35. The molecule has 6 nitrogen and oxygen atoms in total. The third-order valence-electron chi connectivity index (χ3n) is 4.10. The molecule has 1 aromatic carbocycles. The van der Waals surface area contributed by atoms with Crippen LogP contribution in [0.25, 0.3) is 0 Å². The lowest BCUT2D eigenvalue weighted by molar-refractivity contribution is 0.185. The summed E-state index contributed by atoms with van der Waals surface area (Å²) in [5.41, 5.74) is 1.75. The Labute approximate surface area is 155 Å². The van der Waals surface area contributed by atoms with Gasteiger partial charge in [-0.05, 0) is 63.8 Å². The predicted octanol–water partition coefficient (Wildman–Crippen LogP) is 3.64. The summed E-state index contributed by atoms with van der Waals surface area (Å²) in [6, 6.07) is 11.1. The first-order chi connectivity index (χ1) is 12.5. The van der Waals surface area contributed by atoms with Crippen molar-refractivity contribution < 1.29 is 9.53 Å². The molecule has 0 bridgehead atoms. The van der Waals surface area contributed by atoms with Crippen LogP contribution in [0, 0.1) is 0 Å². The number of nitrogens with one attached hydrogen (secondary N) is 1. The van der Waals surface area contributed by atoms with Gasteiger partial charge in [0.1, 0.15) is 5.75 Å². The van der Waals surface area contributed by atoms with E-state index in [2.05, 4.69) is 15.2 Å². The molecule has 1 N–H and O–H groups in total. The summed E-state index contributed by atoms with van der Waals surface area (Å²) in [5.74, 6) is 0.790. The maximum absolute atomic E-state index is 12.9. The summed E-state index contributed by atoms with van der Waals surface area (Å²) in [5, 5.41) is 2.98. The van der Waals surface area contributed by atoms with Gasteiger partial charge in [-0.1, -0.05) is 6.07 Å². The summed E-state index contributed by atoms with van der Waals surface area (Å²) in [6.07, 6.45) is 3.54. The van der Waals surface area contributed by atoms with E-state index < -0.39 is 0 Å². The first kappa shape index (κ1) is 19.7. The van der Waals surface area contributed by atoms with Crippen molar-refractivity contribution in [3.8, 4) is 5.75 Å². The summed E-state index contributed by atoms with van der Waals surface area (Å²) in [6.45, 7) is 5.97. The Hall–Kier alpha value is -2.60. The van der Waals surface area contributed by atoms with Crippen LogP contribution < -0.4 is 10.1 Å². The summed E-state index contributed by atoms with van der Waals surface area (Å²) >= 11 is 0. The smallest absolute Gasteiger partial charge is 0.322 e. The predicted molar refractivity (Wildman–Crippen MR) is 105 cm³/mol. The summed E-state index contributed by atoms with van der Waals surface area (Å²) < 4.78 is 5.44. The molecule has 2 rings (SSSR count). The first-order valence-corrected chi connectivity index (χ1v) is 8.86.